The van der Waals surface area contributed by atoms with Crippen molar-refractivity contribution < 1.29 is 4.74 Å². The molecule has 1 aromatic heterocycles. The van der Waals surface area contributed by atoms with Crippen LogP contribution in [0.2, 0.25) is 5.28 Å². The molecule has 0 aliphatic heterocycles. The Morgan fingerprint density at radius 2 is 2.50 bits per heavy atom. The lowest BCUT2D eigenvalue weighted by molar-refractivity contribution is 0.151. The van der Waals surface area contributed by atoms with E-state index in [1.165, 1.54) is 0 Å². The van der Waals surface area contributed by atoms with Crippen LogP contribution >= 0.6 is 11.6 Å². The van der Waals surface area contributed by atoms with Crippen LogP contribution in [0.25, 0.3) is 0 Å². The van der Waals surface area contributed by atoms with Gasteiger partial charge >= 0.3 is 0 Å². The van der Waals surface area contributed by atoms with Crippen LogP contribution < -0.4 is 0 Å². The molecule has 1 aromatic rings. The van der Waals surface area contributed by atoms with Gasteiger partial charge in [0.15, 0.2) is 0 Å². The molecule has 0 bridgehead atoms. The summed E-state index contributed by atoms with van der Waals surface area (Å²) in [4.78, 5) is 0. The molecule has 68 valence electrons. The number of methoxy groups -OCH3 is 1. The van der Waals surface area contributed by atoms with Crippen LogP contribution in [0.4, 0.5) is 0 Å². The van der Waals surface area contributed by atoms with Crippen molar-refractivity contribution in [3.8, 4) is 0 Å². The van der Waals surface area contributed by atoms with Crippen molar-refractivity contribution in [3.63, 3.8) is 0 Å². The standard InChI is InChI=1S/C7H12ClN3O/c1-6(4-12-2)3-11-5-9-10-7(11)8/h5-6H,3-4H2,1-2H3. The molecule has 0 aliphatic rings. The zero-order valence-corrected chi connectivity index (χ0v) is 7.95. The van der Waals surface area contributed by atoms with Crippen LogP contribution in [-0.2, 0) is 11.3 Å². The highest BCUT2D eigenvalue weighted by Gasteiger charge is 2.05. The fraction of sp³-hybridized carbons (Fsp3) is 0.714. The minimum Gasteiger partial charge on any atom is -0.384 e. The normalized spacial score (nSPS) is 13.2. The Labute approximate surface area is 76.5 Å². The Kier molecular flexibility index (Phi) is 3.49. The van der Waals surface area contributed by atoms with Crippen LogP contribution in [-0.4, -0.2) is 28.5 Å². The second-order valence-electron chi connectivity index (χ2n) is 2.81. The van der Waals surface area contributed by atoms with Crippen LogP contribution in [0.3, 0.4) is 0 Å². The fourth-order valence-electron chi connectivity index (χ4n) is 1.04. The Morgan fingerprint density at radius 3 is 3.00 bits per heavy atom. The molecule has 0 saturated heterocycles. The predicted octanol–water partition coefficient (Wildman–Crippen LogP) is 1.21. The number of aromatic nitrogens is 3. The minimum absolute atomic E-state index is 0.420. The molecular weight excluding hydrogens is 178 g/mol. The first-order chi connectivity index (χ1) is 5.74. The first-order valence-electron chi connectivity index (χ1n) is 3.76. The van der Waals surface area contributed by atoms with Crippen molar-refractivity contribution in [1.82, 2.24) is 14.8 Å². The van der Waals surface area contributed by atoms with Gasteiger partial charge in [-0.3, -0.25) is 0 Å². The van der Waals surface area contributed by atoms with Gasteiger partial charge in [0.05, 0.1) is 6.61 Å². The largest absolute Gasteiger partial charge is 0.384 e. The van der Waals surface area contributed by atoms with Crippen molar-refractivity contribution >= 4 is 11.6 Å². The summed E-state index contributed by atoms with van der Waals surface area (Å²) in [7, 11) is 1.68. The van der Waals surface area contributed by atoms with Gasteiger partial charge in [-0.15, -0.1) is 10.2 Å². The van der Waals surface area contributed by atoms with E-state index in [-0.39, 0.29) is 0 Å². The number of nitrogens with zero attached hydrogens (tertiary/aromatic N) is 3. The number of hydrogen-bond acceptors (Lipinski definition) is 3. The Bertz CT molecular complexity index is 238. The Hall–Kier alpha value is -0.610. The van der Waals surface area contributed by atoms with E-state index < -0.39 is 0 Å². The van der Waals surface area contributed by atoms with Gasteiger partial charge in [0.2, 0.25) is 5.28 Å². The summed E-state index contributed by atoms with van der Waals surface area (Å²) in [6.07, 6.45) is 1.62. The molecule has 0 amide bonds. The highest BCUT2D eigenvalue weighted by molar-refractivity contribution is 6.28. The van der Waals surface area contributed by atoms with Crippen molar-refractivity contribution in [2.45, 2.75) is 13.5 Å². The molecule has 1 rings (SSSR count). The van der Waals surface area contributed by atoms with E-state index in [1.807, 2.05) is 0 Å². The molecule has 1 atom stereocenters. The second kappa shape index (κ2) is 4.42. The highest BCUT2D eigenvalue weighted by Crippen LogP contribution is 2.07. The quantitative estimate of drug-likeness (QED) is 0.715. The maximum atomic E-state index is 5.73. The smallest absolute Gasteiger partial charge is 0.224 e. The van der Waals surface area contributed by atoms with Gasteiger partial charge in [0.1, 0.15) is 6.33 Å². The monoisotopic (exact) mass is 189 g/mol. The molecule has 12 heavy (non-hydrogen) atoms. The molecule has 0 aliphatic carbocycles. The molecule has 0 spiro atoms. The summed E-state index contributed by atoms with van der Waals surface area (Å²) < 4.78 is 6.79. The lowest BCUT2D eigenvalue weighted by Crippen LogP contribution is -2.12. The summed E-state index contributed by atoms with van der Waals surface area (Å²) >= 11 is 5.73. The van der Waals surface area contributed by atoms with Crippen LogP contribution in [0, 0.1) is 5.92 Å². The van der Waals surface area contributed by atoms with Gasteiger partial charge in [0, 0.05) is 13.7 Å². The summed E-state index contributed by atoms with van der Waals surface area (Å²) in [5, 5.41) is 7.77. The molecular formula is C7H12ClN3O. The third kappa shape index (κ3) is 2.46. The van der Waals surface area contributed by atoms with Gasteiger partial charge in [-0.1, -0.05) is 6.92 Å². The van der Waals surface area contributed by atoms with Crippen LogP contribution in [0.1, 0.15) is 6.92 Å². The van der Waals surface area contributed by atoms with Gasteiger partial charge in [-0.25, -0.2) is 0 Å². The molecule has 5 heteroatoms. The summed E-state index contributed by atoms with van der Waals surface area (Å²) in [6.45, 7) is 3.59. The zero-order valence-electron chi connectivity index (χ0n) is 7.20. The van der Waals surface area contributed by atoms with Gasteiger partial charge < -0.3 is 9.30 Å². The van der Waals surface area contributed by atoms with E-state index in [0.29, 0.717) is 17.8 Å². The minimum atomic E-state index is 0.420. The number of ether oxygens (including phenoxy) is 1. The average molecular weight is 190 g/mol. The third-order valence-corrected chi connectivity index (χ3v) is 1.82. The summed E-state index contributed by atoms with van der Waals surface area (Å²) in [6, 6.07) is 0. The molecule has 0 N–H and O–H groups in total. The van der Waals surface area contributed by atoms with E-state index in [1.54, 1.807) is 18.0 Å². The first-order valence-corrected chi connectivity index (χ1v) is 4.14. The van der Waals surface area contributed by atoms with Crippen molar-refractivity contribution in [2.75, 3.05) is 13.7 Å². The van der Waals surface area contributed by atoms with Gasteiger partial charge in [-0.05, 0) is 17.5 Å². The average Bonchev–Trinajstić information content (AvgIpc) is 2.37. The molecule has 4 nitrogen and oxygen atoms in total. The van der Waals surface area contributed by atoms with E-state index in [4.69, 9.17) is 16.3 Å². The lowest BCUT2D eigenvalue weighted by Gasteiger charge is -2.10. The van der Waals surface area contributed by atoms with Crippen LogP contribution in [0.5, 0.6) is 0 Å². The highest BCUT2D eigenvalue weighted by atomic mass is 35.5. The molecule has 0 aromatic carbocycles. The number of halogens is 1. The molecule has 0 fully saturated rings. The Balaban J connectivity index is 2.46. The van der Waals surface area contributed by atoms with Crippen molar-refractivity contribution in [3.05, 3.63) is 11.6 Å². The van der Waals surface area contributed by atoms with Crippen molar-refractivity contribution in [1.29, 1.82) is 0 Å². The first kappa shape index (κ1) is 9.48. The van der Waals surface area contributed by atoms with Gasteiger partial charge in [0.25, 0.3) is 0 Å². The number of rotatable bonds is 4. The third-order valence-electron chi connectivity index (χ3n) is 1.53. The van der Waals surface area contributed by atoms with E-state index in [9.17, 15) is 0 Å². The molecule has 1 unspecified atom stereocenters. The molecule has 0 radical (unpaired) electrons. The SMILES string of the molecule is COCC(C)Cn1cnnc1Cl. The lowest BCUT2D eigenvalue weighted by atomic mass is 10.2. The van der Waals surface area contributed by atoms with E-state index in [0.717, 1.165) is 6.54 Å². The maximum Gasteiger partial charge on any atom is 0.224 e. The zero-order chi connectivity index (χ0) is 8.97. The fourth-order valence-corrected chi connectivity index (χ4v) is 1.19. The Morgan fingerprint density at radius 1 is 1.75 bits per heavy atom. The van der Waals surface area contributed by atoms with E-state index >= 15 is 0 Å². The topological polar surface area (TPSA) is 39.9 Å². The van der Waals surface area contributed by atoms with Crippen molar-refractivity contribution in [2.24, 2.45) is 5.92 Å². The maximum absolute atomic E-state index is 5.73. The molecule has 1 heterocycles. The van der Waals surface area contributed by atoms with Crippen LogP contribution in [0.15, 0.2) is 6.33 Å². The number of hydrogen-bond donors (Lipinski definition) is 0. The van der Waals surface area contributed by atoms with Gasteiger partial charge in [-0.2, -0.15) is 0 Å². The summed E-state index contributed by atoms with van der Waals surface area (Å²) in [5.41, 5.74) is 0. The predicted molar refractivity (Wildman–Crippen MR) is 46.1 cm³/mol. The summed E-state index contributed by atoms with van der Waals surface area (Å²) in [5.74, 6) is 0.420. The van der Waals surface area contributed by atoms with E-state index in [2.05, 4.69) is 17.1 Å². The molecule has 0 saturated carbocycles. The second-order valence-corrected chi connectivity index (χ2v) is 3.15.